The van der Waals surface area contributed by atoms with E-state index in [9.17, 15) is 4.79 Å². The van der Waals surface area contributed by atoms with E-state index in [-0.39, 0.29) is 30.3 Å². The molecule has 7 nitrogen and oxygen atoms in total. The first kappa shape index (κ1) is 26.0. The summed E-state index contributed by atoms with van der Waals surface area (Å²) < 4.78 is 42.0. The fourth-order valence-corrected chi connectivity index (χ4v) is 6.18. The Morgan fingerprint density at radius 2 is 1.78 bits per heavy atom. The number of likely N-dealkylation sites (tertiary alicyclic amines) is 2. The predicted molar refractivity (Wildman–Crippen MR) is 131 cm³/mol. The summed E-state index contributed by atoms with van der Waals surface area (Å²) in [6, 6.07) is 0.488. The summed E-state index contributed by atoms with van der Waals surface area (Å²) in [6.45, 7) is 9.40. The molecule has 4 aliphatic rings. The average Bonchev–Trinajstić information content (AvgIpc) is 3.57. The predicted octanol–water partition coefficient (Wildman–Crippen LogP) is 4.91. The third kappa shape index (κ3) is 5.62. The van der Waals surface area contributed by atoms with Gasteiger partial charge in [0.05, 0.1) is 18.1 Å². The van der Waals surface area contributed by atoms with Crippen molar-refractivity contribution in [1.29, 1.82) is 0 Å². The van der Waals surface area contributed by atoms with Crippen LogP contribution in [0.4, 0.5) is 8.78 Å². The maximum absolute atomic E-state index is 15.1. The van der Waals surface area contributed by atoms with Gasteiger partial charge in [-0.15, -0.1) is 0 Å². The lowest BCUT2D eigenvalue weighted by Crippen LogP contribution is -2.50. The minimum atomic E-state index is -2.87. The minimum Gasteiger partial charge on any atom is -0.374 e. The van der Waals surface area contributed by atoms with Crippen LogP contribution in [0.1, 0.15) is 103 Å². The smallest absolute Gasteiger partial charge is 0.253 e. The van der Waals surface area contributed by atoms with Crippen molar-refractivity contribution in [2.45, 2.75) is 120 Å². The molecule has 1 amide bonds. The van der Waals surface area contributed by atoms with Crippen LogP contribution in [0.2, 0.25) is 0 Å². The number of rotatable bonds is 7. The second kappa shape index (κ2) is 10.3. The SMILES string of the molecule is CC(C)N1CCC(O[C@H]2CCCC(F)(F)[C@@H]2CC(=O)N2CCC(C)(c3noc(C4CC4)n3)CC2)CC1. The number of hydrogen-bond acceptors (Lipinski definition) is 6. The fraction of sp³-hybridized carbons (Fsp3) is 0.889. The molecule has 0 spiro atoms. The summed E-state index contributed by atoms with van der Waals surface area (Å²) in [7, 11) is 0. The maximum atomic E-state index is 15.1. The lowest BCUT2D eigenvalue weighted by atomic mass is 9.78. The number of piperidine rings is 2. The molecule has 5 rings (SSSR count). The zero-order valence-electron chi connectivity index (χ0n) is 22.1. The average molecular weight is 509 g/mol. The molecule has 0 aromatic carbocycles. The third-order valence-electron chi connectivity index (χ3n) is 9.09. The first-order valence-electron chi connectivity index (χ1n) is 14.0. The Hall–Kier alpha value is -1.61. The zero-order valence-corrected chi connectivity index (χ0v) is 22.1. The minimum absolute atomic E-state index is 0.00249. The van der Waals surface area contributed by atoms with Crippen LogP contribution in [0.3, 0.4) is 0 Å². The first-order valence-corrected chi connectivity index (χ1v) is 14.0. The van der Waals surface area contributed by atoms with Crippen LogP contribution in [0.25, 0.3) is 0 Å². The maximum Gasteiger partial charge on any atom is 0.253 e. The summed E-state index contributed by atoms with van der Waals surface area (Å²) in [4.78, 5) is 22.0. The second-order valence-electron chi connectivity index (χ2n) is 12.1. The zero-order chi connectivity index (χ0) is 25.5. The Kier molecular flexibility index (Phi) is 7.42. The molecule has 1 aromatic heterocycles. The number of amides is 1. The van der Waals surface area contributed by atoms with Crippen molar-refractivity contribution in [2.75, 3.05) is 26.2 Å². The largest absolute Gasteiger partial charge is 0.374 e. The number of alkyl halides is 2. The molecule has 2 saturated heterocycles. The molecule has 1 aromatic rings. The van der Waals surface area contributed by atoms with Gasteiger partial charge in [-0.05, 0) is 65.2 Å². The molecule has 9 heteroatoms. The lowest BCUT2D eigenvalue weighted by Gasteiger charge is -2.43. The van der Waals surface area contributed by atoms with Gasteiger partial charge in [-0.2, -0.15) is 4.98 Å². The summed E-state index contributed by atoms with van der Waals surface area (Å²) in [5, 5.41) is 4.23. The van der Waals surface area contributed by atoms with Gasteiger partial charge < -0.3 is 19.1 Å². The first-order chi connectivity index (χ1) is 17.1. The van der Waals surface area contributed by atoms with Gasteiger partial charge in [-0.1, -0.05) is 12.1 Å². The molecule has 2 aliphatic heterocycles. The lowest BCUT2D eigenvalue weighted by molar-refractivity contribution is -0.179. The van der Waals surface area contributed by atoms with Gasteiger partial charge in [-0.25, -0.2) is 8.78 Å². The van der Waals surface area contributed by atoms with Crippen LogP contribution in [0, 0.1) is 5.92 Å². The Balaban J connectivity index is 1.17. The van der Waals surface area contributed by atoms with Crippen molar-refractivity contribution in [3.8, 4) is 0 Å². The van der Waals surface area contributed by atoms with Crippen LogP contribution >= 0.6 is 0 Å². The van der Waals surface area contributed by atoms with E-state index in [0.29, 0.717) is 56.6 Å². The molecule has 0 unspecified atom stereocenters. The van der Waals surface area contributed by atoms with E-state index < -0.39 is 17.9 Å². The normalized spacial score (nSPS) is 29.6. The molecule has 2 saturated carbocycles. The fourth-order valence-electron chi connectivity index (χ4n) is 6.18. The molecule has 2 aliphatic carbocycles. The second-order valence-corrected chi connectivity index (χ2v) is 12.1. The molecule has 0 radical (unpaired) electrons. The third-order valence-corrected chi connectivity index (χ3v) is 9.09. The van der Waals surface area contributed by atoms with Crippen molar-refractivity contribution in [2.24, 2.45) is 5.92 Å². The van der Waals surface area contributed by atoms with Crippen LogP contribution in [-0.2, 0) is 14.9 Å². The number of carbonyl (C=O) groups is 1. The Morgan fingerprint density at radius 3 is 2.42 bits per heavy atom. The number of ether oxygens (including phenoxy) is 1. The number of carbonyl (C=O) groups excluding carboxylic acids is 1. The molecule has 0 bridgehead atoms. The van der Waals surface area contributed by atoms with Crippen molar-refractivity contribution < 1.29 is 22.8 Å². The number of nitrogens with zero attached hydrogens (tertiary/aromatic N) is 4. The van der Waals surface area contributed by atoms with E-state index in [4.69, 9.17) is 9.26 Å². The van der Waals surface area contributed by atoms with Crippen molar-refractivity contribution in [3.05, 3.63) is 11.7 Å². The van der Waals surface area contributed by atoms with Gasteiger partial charge in [0.1, 0.15) is 0 Å². The van der Waals surface area contributed by atoms with E-state index in [2.05, 4.69) is 35.8 Å². The number of aromatic nitrogens is 2. The molecule has 3 heterocycles. The Morgan fingerprint density at radius 1 is 1.08 bits per heavy atom. The highest BCUT2D eigenvalue weighted by atomic mass is 19.3. The molecule has 2 atom stereocenters. The van der Waals surface area contributed by atoms with E-state index >= 15 is 8.78 Å². The van der Waals surface area contributed by atoms with Crippen molar-refractivity contribution in [1.82, 2.24) is 19.9 Å². The molecular formula is C27H42F2N4O3. The molecular weight excluding hydrogens is 466 g/mol. The Labute approximate surface area is 213 Å². The molecule has 36 heavy (non-hydrogen) atoms. The van der Waals surface area contributed by atoms with E-state index in [0.717, 1.165) is 44.7 Å². The van der Waals surface area contributed by atoms with Crippen molar-refractivity contribution >= 4 is 5.91 Å². The van der Waals surface area contributed by atoms with Crippen molar-refractivity contribution in [3.63, 3.8) is 0 Å². The highest BCUT2D eigenvalue weighted by Crippen LogP contribution is 2.44. The van der Waals surface area contributed by atoms with E-state index in [1.54, 1.807) is 4.90 Å². The van der Waals surface area contributed by atoms with Gasteiger partial charge in [0.15, 0.2) is 5.82 Å². The van der Waals surface area contributed by atoms with Crippen LogP contribution in [0.5, 0.6) is 0 Å². The number of hydrogen-bond donors (Lipinski definition) is 0. The summed E-state index contributed by atoms with van der Waals surface area (Å²) in [6.07, 6.45) is 5.56. The Bertz CT molecular complexity index is 903. The van der Waals surface area contributed by atoms with Gasteiger partial charge in [-0.3, -0.25) is 4.79 Å². The van der Waals surface area contributed by atoms with Gasteiger partial charge in [0.2, 0.25) is 11.8 Å². The summed E-state index contributed by atoms with van der Waals surface area (Å²) >= 11 is 0. The molecule has 202 valence electrons. The highest BCUT2D eigenvalue weighted by molar-refractivity contribution is 5.76. The number of halogens is 2. The van der Waals surface area contributed by atoms with Crippen LogP contribution in [-0.4, -0.2) is 76.2 Å². The molecule has 0 N–H and O–H groups in total. The van der Waals surface area contributed by atoms with E-state index in [1.807, 2.05) is 0 Å². The van der Waals surface area contributed by atoms with Gasteiger partial charge >= 0.3 is 0 Å². The van der Waals surface area contributed by atoms with Gasteiger partial charge in [0, 0.05) is 56.4 Å². The van der Waals surface area contributed by atoms with Gasteiger partial charge in [0.25, 0.3) is 5.92 Å². The summed E-state index contributed by atoms with van der Waals surface area (Å²) in [5.74, 6) is -2.25. The highest BCUT2D eigenvalue weighted by Gasteiger charge is 2.50. The molecule has 4 fully saturated rings. The standard InChI is InChI=1S/C27H42F2N4O3/c1-18(2)32-13-8-20(9-14-32)35-22-5-4-10-27(28,29)21(22)17-23(34)33-15-11-26(3,12-16-33)25-30-24(36-31-25)19-6-7-19/h18-22H,4-17H2,1-3H3/t21-,22+/m1/s1. The quantitative estimate of drug-likeness (QED) is 0.521. The topological polar surface area (TPSA) is 71.7 Å². The van der Waals surface area contributed by atoms with Crippen LogP contribution in [0.15, 0.2) is 4.52 Å². The summed E-state index contributed by atoms with van der Waals surface area (Å²) in [5.41, 5.74) is -0.251. The van der Waals surface area contributed by atoms with Crippen LogP contribution < -0.4 is 0 Å². The van der Waals surface area contributed by atoms with E-state index in [1.165, 1.54) is 0 Å². The monoisotopic (exact) mass is 508 g/mol.